The highest BCUT2D eigenvalue weighted by Crippen LogP contribution is 2.33. The fraction of sp³-hybridized carbons (Fsp3) is 0.500. The van der Waals surface area contributed by atoms with Gasteiger partial charge in [-0.05, 0) is 37.3 Å². The van der Waals surface area contributed by atoms with Crippen molar-refractivity contribution in [2.75, 3.05) is 23.9 Å². The van der Waals surface area contributed by atoms with Crippen molar-refractivity contribution in [1.82, 2.24) is 9.97 Å². The van der Waals surface area contributed by atoms with E-state index in [9.17, 15) is 9.90 Å². The number of rotatable bonds is 8. The topological polar surface area (TPSA) is 75.1 Å². The number of aryl methyl sites for hydroxylation is 1. The molecule has 0 bridgehead atoms. The molecule has 21 heavy (non-hydrogen) atoms. The van der Waals surface area contributed by atoms with E-state index < -0.39 is 5.97 Å². The van der Waals surface area contributed by atoms with Crippen LogP contribution < -0.4 is 5.32 Å². The van der Waals surface area contributed by atoms with Gasteiger partial charge in [0, 0.05) is 6.54 Å². The van der Waals surface area contributed by atoms with Crippen molar-refractivity contribution in [2.45, 2.75) is 26.2 Å². The van der Waals surface area contributed by atoms with Crippen LogP contribution in [-0.2, 0) is 0 Å². The van der Waals surface area contributed by atoms with Crippen molar-refractivity contribution in [2.24, 2.45) is 0 Å². The maximum atomic E-state index is 11.2. The van der Waals surface area contributed by atoms with E-state index >= 15 is 0 Å². The lowest BCUT2D eigenvalue weighted by Gasteiger charge is -2.07. The molecule has 5 nitrogen and oxygen atoms in total. The van der Waals surface area contributed by atoms with Gasteiger partial charge in [-0.3, -0.25) is 0 Å². The van der Waals surface area contributed by atoms with E-state index in [0.29, 0.717) is 4.88 Å². The van der Waals surface area contributed by atoms with Crippen LogP contribution in [0.3, 0.4) is 0 Å². The third-order valence-corrected chi connectivity index (χ3v) is 5.12. The van der Waals surface area contributed by atoms with Crippen LogP contribution in [0.5, 0.6) is 0 Å². The molecular formula is C14H19N3O2S2. The highest BCUT2D eigenvalue weighted by molar-refractivity contribution is 7.98. The van der Waals surface area contributed by atoms with Crippen molar-refractivity contribution in [1.29, 1.82) is 0 Å². The molecule has 2 aromatic rings. The number of carboxylic acid groups (broad SMARTS) is 1. The molecule has 0 unspecified atom stereocenters. The fourth-order valence-corrected chi connectivity index (χ4v) is 3.64. The lowest BCUT2D eigenvalue weighted by atomic mass is 10.2. The molecule has 0 radical (unpaired) electrons. The van der Waals surface area contributed by atoms with E-state index in [1.54, 1.807) is 0 Å². The number of fused-ring (bicyclic) bond motifs is 1. The van der Waals surface area contributed by atoms with E-state index in [1.165, 1.54) is 36.3 Å². The molecule has 2 N–H and O–H groups in total. The Kier molecular flexibility index (Phi) is 5.81. The second kappa shape index (κ2) is 7.61. The summed E-state index contributed by atoms with van der Waals surface area (Å²) in [5.41, 5.74) is 0.744. The van der Waals surface area contributed by atoms with Crippen molar-refractivity contribution < 1.29 is 9.90 Å². The van der Waals surface area contributed by atoms with Crippen LogP contribution in [0, 0.1) is 6.92 Å². The first kappa shape index (κ1) is 16.0. The lowest BCUT2D eigenvalue weighted by molar-refractivity contribution is 0.0701. The molecule has 0 aliphatic carbocycles. The number of nitrogens with one attached hydrogen (secondary N) is 1. The predicted molar refractivity (Wildman–Crippen MR) is 89.8 cm³/mol. The number of hydrogen-bond donors (Lipinski definition) is 2. The van der Waals surface area contributed by atoms with Gasteiger partial charge < -0.3 is 10.4 Å². The number of aromatic carboxylic acids is 1. The third kappa shape index (κ3) is 3.85. The largest absolute Gasteiger partial charge is 0.477 e. The second-order valence-electron chi connectivity index (χ2n) is 4.74. The minimum absolute atomic E-state index is 0.341. The molecular weight excluding hydrogens is 306 g/mol. The number of thioether (sulfide) groups is 1. The Morgan fingerprint density at radius 2 is 2.19 bits per heavy atom. The van der Waals surface area contributed by atoms with Gasteiger partial charge in [-0.15, -0.1) is 11.3 Å². The molecule has 7 heteroatoms. The van der Waals surface area contributed by atoms with Crippen LogP contribution in [0.25, 0.3) is 10.2 Å². The van der Waals surface area contributed by atoms with Gasteiger partial charge in [0.15, 0.2) is 0 Å². The average Bonchev–Trinajstić information content (AvgIpc) is 2.81. The van der Waals surface area contributed by atoms with Crippen molar-refractivity contribution in [3.63, 3.8) is 0 Å². The fourth-order valence-electron chi connectivity index (χ4n) is 2.16. The zero-order valence-corrected chi connectivity index (χ0v) is 13.8. The smallest absolute Gasteiger partial charge is 0.346 e. The van der Waals surface area contributed by atoms with Gasteiger partial charge in [-0.25, -0.2) is 14.8 Å². The Bertz CT molecular complexity index is 628. The summed E-state index contributed by atoms with van der Waals surface area (Å²) in [5, 5.41) is 13.3. The highest BCUT2D eigenvalue weighted by Gasteiger charge is 2.18. The normalized spacial score (nSPS) is 11.0. The molecule has 0 aliphatic rings. The molecule has 0 fully saturated rings. The first-order valence-electron chi connectivity index (χ1n) is 6.85. The minimum Gasteiger partial charge on any atom is -0.477 e. The maximum absolute atomic E-state index is 11.2. The quantitative estimate of drug-likeness (QED) is 0.722. The SMILES string of the molecule is CSCCCCCNc1ncnc2sc(C(=O)O)c(C)c12. The van der Waals surface area contributed by atoms with Crippen LogP contribution >= 0.6 is 23.1 Å². The van der Waals surface area contributed by atoms with E-state index in [2.05, 4.69) is 21.5 Å². The monoisotopic (exact) mass is 325 g/mol. The summed E-state index contributed by atoms with van der Waals surface area (Å²) in [6, 6.07) is 0. The Balaban J connectivity index is 2.08. The summed E-state index contributed by atoms with van der Waals surface area (Å²) < 4.78 is 0. The first-order valence-corrected chi connectivity index (χ1v) is 9.06. The number of aromatic nitrogens is 2. The van der Waals surface area contributed by atoms with E-state index in [-0.39, 0.29) is 0 Å². The summed E-state index contributed by atoms with van der Waals surface area (Å²) in [7, 11) is 0. The van der Waals surface area contributed by atoms with Crippen molar-refractivity contribution >= 4 is 45.1 Å². The number of unbranched alkanes of at least 4 members (excludes halogenated alkanes) is 2. The van der Waals surface area contributed by atoms with Gasteiger partial charge in [-0.2, -0.15) is 11.8 Å². The molecule has 0 spiro atoms. The summed E-state index contributed by atoms with van der Waals surface area (Å²) in [5.74, 6) is 1.04. The zero-order valence-electron chi connectivity index (χ0n) is 12.2. The predicted octanol–water partition coefficient (Wildman–Crippen LogP) is 3.64. The van der Waals surface area contributed by atoms with Crippen molar-refractivity contribution in [3.05, 3.63) is 16.8 Å². The van der Waals surface area contributed by atoms with Gasteiger partial charge in [0.1, 0.15) is 21.9 Å². The van der Waals surface area contributed by atoms with Crippen LogP contribution in [0.1, 0.15) is 34.5 Å². The first-order chi connectivity index (χ1) is 10.1. The summed E-state index contributed by atoms with van der Waals surface area (Å²) >= 11 is 3.07. The van der Waals surface area contributed by atoms with Gasteiger partial charge in [-0.1, -0.05) is 6.42 Å². The Morgan fingerprint density at radius 1 is 1.38 bits per heavy atom. The van der Waals surface area contributed by atoms with E-state index in [0.717, 1.165) is 34.6 Å². The molecule has 0 aliphatic heterocycles. The average molecular weight is 325 g/mol. The zero-order chi connectivity index (χ0) is 15.2. The van der Waals surface area contributed by atoms with Gasteiger partial charge >= 0.3 is 5.97 Å². The second-order valence-corrected chi connectivity index (χ2v) is 6.73. The highest BCUT2D eigenvalue weighted by atomic mass is 32.2. The lowest BCUT2D eigenvalue weighted by Crippen LogP contribution is -2.04. The molecule has 0 aromatic carbocycles. The number of nitrogens with zero attached hydrogens (tertiary/aromatic N) is 2. The number of hydrogen-bond acceptors (Lipinski definition) is 6. The van der Waals surface area contributed by atoms with Crippen LogP contribution in [0.15, 0.2) is 6.33 Å². The van der Waals surface area contributed by atoms with Gasteiger partial charge in [0.25, 0.3) is 0 Å². The Hall–Kier alpha value is -1.34. The maximum Gasteiger partial charge on any atom is 0.346 e. The van der Waals surface area contributed by atoms with Crippen LogP contribution in [0.2, 0.25) is 0 Å². The Morgan fingerprint density at radius 3 is 2.90 bits per heavy atom. The molecule has 0 atom stereocenters. The summed E-state index contributed by atoms with van der Waals surface area (Å²) in [6.07, 6.45) is 7.10. The molecule has 0 saturated heterocycles. The Labute approximate surface area is 132 Å². The molecule has 2 heterocycles. The van der Waals surface area contributed by atoms with E-state index in [1.807, 2.05) is 18.7 Å². The number of anilines is 1. The minimum atomic E-state index is -0.904. The number of carboxylic acids is 1. The van der Waals surface area contributed by atoms with Crippen LogP contribution in [-0.4, -0.2) is 39.6 Å². The summed E-state index contributed by atoms with van der Waals surface area (Å²) in [4.78, 5) is 20.7. The standard InChI is InChI=1S/C14H19N3O2S2/c1-9-10-12(15-6-4-3-5-7-20-2)16-8-17-13(10)21-11(9)14(18)19/h8H,3-7H2,1-2H3,(H,18,19)(H,15,16,17). The van der Waals surface area contributed by atoms with Crippen LogP contribution in [0.4, 0.5) is 5.82 Å². The molecule has 2 rings (SSSR count). The van der Waals surface area contributed by atoms with E-state index in [4.69, 9.17) is 0 Å². The third-order valence-electron chi connectivity index (χ3n) is 3.24. The van der Waals surface area contributed by atoms with Gasteiger partial charge in [0.05, 0.1) is 5.39 Å². The molecule has 0 saturated carbocycles. The van der Waals surface area contributed by atoms with Crippen molar-refractivity contribution in [3.8, 4) is 0 Å². The molecule has 114 valence electrons. The van der Waals surface area contributed by atoms with Gasteiger partial charge in [0.2, 0.25) is 0 Å². The number of thiophene rings is 1. The molecule has 0 amide bonds. The summed E-state index contributed by atoms with van der Waals surface area (Å²) in [6.45, 7) is 2.66. The molecule has 2 aromatic heterocycles. The number of carbonyl (C=O) groups is 1.